The van der Waals surface area contributed by atoms with E-state index in [-0.39, 0.29) is 13.0 Å². The number of β-lactam (4-membered cyclic amide) rings is 1. The van der Waals surface area contributed by atoms with Gasteiger partial charge in [-0.15, -0.1) is 0 Å². The average Bonchev–Trinajstić information content (AvgIpc) is 2.81. The molecule has 2 aliphatic rings. The Morgan fingerprint density at radius 2 is 2.24 bits per heavy atom. The molecule has 3 rings (SSSR count). The van der Waals surface area contributed by atoms with E-state index in [1.807, 2.05) is 0 Å². The van der Waals surface area contributed by atoms with Gasteiger partial charge in [-0.1, -0.05) is 0 Å². The van der Waals surface area contributed by atoms with Crippen LogP contribution in [0.3, 0.4) is 0 Å². The molecule has 0 aromatic carbocycles. The van der Waals surface area contributed by atoms with Crippen molar-refractivity contribution in [3.05, 3.63) is 18.7 Å². The summed E-state index contributed by atoms with van der Waals surface area (Å²) < 4.78 is 27.2. The highest BCUT2D eigenvalue weighted by Crippen LogP contribution is 2.46. The van der Waals surface area contributed by atoms with Crippen LogP contribution in [0.2, 0.25) is 0 Å². The minimum Gasteiger partial charge on any atom is -0.480 e. The van der Waals surface area contributed by atoms with Crippen molar-refractivity contribution >= 4 is 21.7 Å². The van der Waals surface area contributed by atoms with Crippen molar-refractivity contribution in [1.29, 1.82) is 0 Å². The molecule has 0 spiro atoms. The molecule has 0 bridgehead atoms. The first-order valence-electron chi connectivity index (χ1n) is 6.47. The third kappa shape index (κ3) is 1.66. The Morgan fingerprint density at radius 1 is 1.57 bits per heavy atom. The lowest BCUT2D eigenvalue weighted by Gasteiger charge is -2.35. The van der Waals surface area contributed by atoms with Gasteiger partial charge in [-0.2, -0.15) is 0 Å². The molecule has 3 unspecified atom stereocenters. The van der Waals surface area contributed by atoms with Crippen LogP contribution in [0.5, 0.6) is 0 Å². The summed E-state index contributed by atoms with van der Waals surface area (Å²) in [5, 5.41) is 8.43. The van der Waals surface area contributed by atoms with Gasteiger partial charge in [-0.3, -0.25) is 4.79 Å². The Balaban J connectivity index is 2.08. The Kier molecular flexibility index (Phi) is 2.72. The van der Waals surface area contributed by atoms with Crippen LogP contribution in [0, 0.1) is 0 Å². The lowest BCUT2D eigenvalue weighted by Crippen LogP contribution is -2.58. The van der Waals surface area contributed by atoms with E-state index in [0.29, 0.717) is 0 Å². The minimum atomic E-state index is -3.75. The molecular weight excluding hydrogens is 298 g/mol. The molecule has 8 nitrogen and oxygen atoms in total. The molecule has 0 saturated carbocycles. The van der Waals surface area contributed by atoms with Crippen LogP contribution >= 0.6 is 0 Å². The van der Waals surface area contributed by atoms with Gasteiger partial charge >= 0.3 is 5.97 Å². The lowest BCUT2D eigenvalue weighted by atomic mass is 9.96. The van der Waals surface area contributed by atoms with Crippen LogP contribution in [0.15, 0.2) is 18.7 Å². The van der Waals surface area contributed by atoms with Crippen LogP contribution in [-0.2, 0) is 33.0 Å². The first kappa shape index (κ1) is 14.1. The van der Waals surface area contributed by atoms with E-state index in [1.165, 1.54) is 6.92 Å². The van der Waals surface area contributed by atoms with Crippen molar-refractivity contribution in [1.82, 2.24) is 9.47 Å². The first-order chi connectivity index (χ1) is 9.68. The number of fused-ring (bicyclic) bond motifs is 1. The van der Waals surface area contributed by atoms with E-state index in [2.05, 4.69) is 0 Å². The summed E-state index contributed by atoms with van der Waals surface area (Å²) in [6.07, 6.45) is 4.97. The van der Waals surface area contributed by atoms with E-state index in [1.54, 1.807) is 34.9 Å². The number of nitrogens with zero attached hydrogens (tertiary/aromatic N) is 3. The third-order valence-electron chi connectivity index (χ3n) is 4.37. The van der Waals surface area contributed by atoms with E-state index >= 15 is 0 Å². The molecule has 3 atom stereocenters. The van der Waals surface area contributed by atoms with E-state index < -0.39 is 37.9 Å². The predicted molar refractivity (Wildman–Crippen MR) is 69.6 cm³/mol. The van der Waals surface area contributed by atoms with Gasteiger partial charge in [0.1, 0.15) is 29.1 Å². The third-order valence-corrected chi connectivity index (χ3v) is 7.13. The summed E-state index contributed by atoms with van der Waals surface area (Å²) in [6, 6.07) is -1.35. The minimum absolute atomic E-state index is 0.00653. The van der Waals surface area contributed by atoms with Gasteiger partial charge in [-0.25, -0.2) is 22.3 Å². The molecule has 2 fully saturated rings. The number of imidazole rings is 1. The summed E-state index contributed by atoms with van der Waals surface area (Å²) >= 11 is 0. The number of rotatable bonds is 3. The standard InChI is InChI=1S/C12H15N3O5S/c1-12(6-14-4-3-13(2)7-14)10(11(17)18)15-8(16)5-9(15)21(12,19)20/h3-4,7,9-10H,5-6H2,1-2H3/p+1. The number of aliphatic carboxylic acids is 1. The summed E-state index contributed by atoms with van der Waals surface area (Å²) in [4.78, 5) is 24.2. The molecule has 3 heterocycles. The van der Waals surface area contributed by atoms with Gasteiger partial charge in [0.15, 0.2) is 15.9 Å². The van der Waals surface area contributed by atoms with Crippen molar-refractivity contribution in [3.63, 3.8) is 0 Å². The number of carboxylic acid groups (broad SMARTS) is 1. The predicted octanol–water partition coefficient (Wildman–Crippen LogP) is -1.49. The molecular formula is C12H16N3O5S+. The number of hydrogen-bond donors (Lipinski definition) is 1. The second-order valence-corrected chi connectivity index (χ2v) is 8.38. The fraction of sp³-hybridized carbons (Fsp3) is 0.583. The van der Waals surface area contributed by atoms with E-state index in [9.17, 15) is 23.1 Å². The van der Waals surface area contributed by atoms with Crippen molar-refractivity contribution < 1.29 is 27.7 Å². The zero-order chi connectivity index (χ0) is 15.6. The molecule has 2 aliphatic heterocycles. The largest absolute Gasteiger partial charge is 0.480 e. The Bertz CT molecular complexity index is 740. The summed E-state index contributed by atoms with van der Waals surface area (Å²) in [6.45, 7) is 1.40. The fourth-order valence-electron chi connectivity index (χ4n) is 3.25. The number of carbonyl (C=O) groups is 2. The van der Waals surface area contributed by atoms with Crippen LogP contribution in [-0.4, -0.2) is 51.0 Å². The van der Waals surface area contributed by atoms with Crippen LogP contribution < -0.4 is 4.57 Å². The second kappa shape index (κ2) is 4.06. The maximum atomic E-state index is 12.7. The van der Waals surface area contributed by atoms with Crippen LogP contribution in [0.25, 0.3) is 0 Å². The topological polar surface area (TPSA) is 101 Å². The Hall–Kier alpha value is -1.90. The highest BCUT2D eigenvalue weighted by atomic mass is 32.2. The van der Waals surface area contributed by atoms with E-state index in [0.717, 1.165) is 4.90 Å². The first-order valence-corrected chi connectivity index (χ1v) is 8.01. The number of sulfone groups is 1. The van der Waals surface area contributed by atoms with Gasteiger partial charge in [0.25, 0.3) is 0 Å². The maximum Gasteiger partial charge on any atom is 0.328 e. The molecule has 1 aromatic rings. The molecule has 9 heteroatoms. The quantitative estimate of drug-likeness (QED) is 0.541. The number of carboxylic acids is 1. The molecule has 21 heavy (non-hydrogen) atoms. The molecule has 1 aromatic heterocycles. The van der Waals surface area contributed by atoms with Gasteiger partial charge in [0, 0.05) is 0 Å². The monoisotopic (exact) mass is 314 g/mol. The second-order valence-electron chi connectivity index (χ2n) is 5.81. The zero-order valence-corrected chi connectivity index (χ0v) is 12.4. The van der Waals surface area contributed by atoms with Crippen molar-refractivity contribution in [2.45, 2.75) is 36.1 Å². The number of hydrogen-bond acceptors (Lipinski definition) is 4. The highest BCUT2D eigenvalue weighted by molar-refractivity contribution is 7.93. The van der Waals surface area contributed by atoms with E-state index in [4.69, 9.17) is 0 Å². The molecule has 0 aliphatic carbocycles. The normalized spacial score (nSPS) is 33.6. The average molecular weight is 314 g/mol. The fourth-order valence-corrected chi connectivity index (χ4v) is 5.62. The summed E-state index contributed by atoms with van der Waals surface area (Å²) in [5.41, 5.74) is 0. The van der Waals surface area contributed by atoms with Crippen molar-refractivity contribution in [3.8, 4) is 0 Å². The molecule has 114 valence electrons. The number of carbonyl (C=O) groups excluding carboxylic acids is 1. The highest BCUT2D eigenvalue weighted by Gasteiger charge is 2.70. The van der Waals surface area contributed by atoms with Gasteiger partial charge < -0.3 is 10.0 Å². The van der Waals surface area contributed by atoms with Gasteiger partial charge in [0.2, 0.25) is 12.2 Å². The number of amides is 1. The Labute approximate surface area is 121 Å². The molecule has 1 amide bonds. The molecule has 0 radical (unpaired) electrons. The number of aryl methyl sites for hydroxylation is 1. The van der Waals surface area contributed by atoms with Crippen LogP contribution in [0.1, 0.15) is 13.3 Å². The summed E-state index contributed by atoms with van der Waals surface area (Å²) in [7, 11) is -1.96. The maximum absolute atomic E-state index is 12.7. The SMILES string of the molecule is C[n+]1ccn(CC2(C)C(C(=O)O)N3C(=O)CC3S2(=O)=O)c1. The number of aromatic nitrogens is 2. The van der Waals surface area contributed by atoms with Crippen LogP contribution in [0.4, 0.5) is 0 Å². The summed E-state index contributed by atoms with van der Waals surface area (Å²) in [5.74, 6) is -1.70. The van der Waals surface area contributed by atoms with Gasteiger partial charge in [-0.05, 0) is 6.92 Å². The lowest BCUT2D eigenvalue weighted by molar-refractivity contribution is -0.671. The van der Waals surface area contributed by atoms with Crippen molar-refractivity contribution in [2.24, 2.45) is 7.05 Å². The van der Waals surface area contributed by atoms with Crippen molar-refractivity contribution in [2.75, 3.05) is 0 Å². The Morgan fingerprint density at radius 3 is 2.71 bits per heavy atom. The van der Waals surface area contributed by atoms with Gasteiger partial charge in [0.05, 0.1) is 13.5 Å². The smallest absolute Gasteiger partial charge is 0.328 e. The molecule has 2 saturated heterocycles. The molecule has 1 N–H and O–H groups in total. The zero-order valence-electron chi connectivity index (χ0n) is 11.6.